The quantitative estimate of drug-likeness (QED) is 0.880. The molecular formula is C17H15BrFNO3. The number of nitrogens with one attached hydrogen (secondary N) is 1. The van der Waals surface area contributed by atoms with Crippen LogP contribution < -0.4 is 14.8 Å². The molecule has 1 unspecified atom stereocenters. The Morgan fingerprint density at radius 1 is 1.17 bits per heavy atom. The van der Waals surface area contributed by atoms with Crippen LogP contribution >= 0.6 is 15.9 Å². The average molecular weight is 380 g/mol. The zero-order chi connectivity index (χ0) is 16.4. The second kappa shape index (κ2) is 6.58. The van der Waals surface area contributed by atoms with Crippen molar-refractivity contribution < 1.29 is 18.7 Å². The van der Waals surface area contributed by atoms with E-state index >= 15 is 0 Å². The zero-order valence-corrected chi connectivity index (χ0v) is 14.0. The summed E-state index contributed by atoms with van der Waals surface area (Å²) in [7, 11) is 0. The molecule has 120 valence electrons. The van der Waals surface area contributed by atoms with Gasteiger partial charge in [0, 0.05) is 10.0 Å². The summed E-state index contributed by atoms with van der Waals surface area (Å²) in [6, 6.07) is 9.39. The van der Waals surface area contributed by atoms with E-state index < -0.39 is 5.82 Å². The van der Waals surface area contributed by atoms with Crippen LogP contribution in [0.4, 0.5) is 4.39 Å². The van der Waals surface area contributed by atoms with Gasteiger partial charge in [-0.25, -0.2) is 4.39 Å². The Balaban J connectivity index is 1.75. The van der Waals surface area contributed by atoms with Crippen molar-refractivity contribution in [3.8, 4) is 11.5 Å². The van der Waals surface area contributed by atoms with Crippen molar-refractivity contribution in [3.05, 3.63) is 57.8 Å². The number of fused-ring (bicyclic) bond motifs is 1. The molecule has 1 heterocycles. The van der Waals surface area contributed by atoms with E-state index in [-0.39, 0.29) is 17.5 Å². The van der Waals surface area contributed by atoms with Crippen LogP contribution in [0.15, 0.2) is 40.9 Å². The molecule has 1 N–H and O–H groups in total. The van der Waals surface area contributed by atoms with Crippen LogP contribution in [0.5, 0.6) is 11.5 Å². The molecule has 2 aromatic rings. The highest BCUT2D eigenvalue weighted by Gasteiger charge is 2.17. The number of carbonyl (C=O) groups excluding carboxylic acids is 1. The number of rotatable bonds is 3. The normalized spacial score (nSPS) is 14.2. The smallest absolute Gasteiger partial charge is 0.251 e. The van der Waals surface area contributed by atoms with Crippen LogP contribution in [0.2, 0.25) is 0 Å². The van der Waals surface area contributed by atoms with Gasteiger partial charge in [0.25, 0.3) is 5.91 Å². The molecular weight excluding hydrogens is 365 g/mol. The highest BCUT2D eigenvalue weighted by molar-refractivity contribution is 9.10. The maximum absolute atomic E-state index is 13.4. The summed E-state index contributed by atoms with van der Waals surface area (Å²) in [4.78, 5) is 12.3. The summed E-state index contributed by atoms with van der Waals surface area (Å²) in [6.07, 6.45) is 0. The van der Waals surface area contributed by atoms with E-state index in [9.17, 15) is 9.18 Å². The SMILES string of the molecule is CC(NC(=O)c1cc(F)cc(Br)c1)c1ccc2c(c1)OCCO2. The van der Waals surface area contributed by atoms with Crippen LogP contribution in [-0.2, 0) is 0 Å². The van der Waals surface area contributed by atoms with Crippen molar-refractivity contribution >= 4 is 21.8 Å². The molecule has 23 heavy (non-hydrogen) atoms. The lowest BCUT2D eigenvalue weighted by molar-refractivity contribution is 0.0939. The first-order chi connectivity index (χ1) is 11.0. The van der Waals surface area contributed by atoms with Gasteiger partial charge in [0.2, 0.25) is 0 Å². The van der Waals surface area contributed by atoms with E-state index in [0.717, 1.165) is 5.56 Å². The van der Waals surface area contributed by atoms with Gasteiger partial charge >= 0.3 is 0 Å². The fourth-order valence-electron chi connectivity index (χ4n) is 2.38. The number of benzene rings is 2. The molecule has 0 aliphatic carbocycles. The molecule has 3 rings (SSSR count). The summed E-state index contributed by atoms with van der Waals surface area (Å²) in [5.74, 6) is 0.569. The van der Waals surface area contributed by atoms with E-state index in [0.29, 0.717) is 29.2 Å². The molecule has 6 heteroatoms. The van der Waals surface area contributed by atoms with Crippen molar-refractivity contribution in [3.63, 3.8) is 0 Å². The van der Waals surface area contributed by atoms with E-state index in [4.69, 9.17) is 9.47 Å². The molecule has 1 amide bonds. The Bertz CT molecular complexity index is 730. The third-order valence-electron chi connectivity index (χ3n) is 3.54. The standard InChI is InChI=1S/C17H15BrFNO3/c1-10(11-2-3-15-16(8-11)23-5-4-22-15)20-17(21)12-6-13(18)9-14(19)7-12/h2-3,6-10H,4-5H2,1H3,(H,20,21). The van der Waals surface area contributed by atoms with Crippen LogP contribution in [0, 0.1) is 5.82 Å². The van der Waals surface area contributed by atoms with Gasteiger partial charge in [0.15, 0.2) is 11.5 Å². The highest BCUT2D eigenvalue weighted by atomic mass is 79.9. The minimum absolute atomic E-state index is 0.250. The zero-order valence-electron chi connectivity index (χ0n) is 12.4. The molecule has 0 radical (unpaired) electrons. The molecule has 1 atom stereocenters. The fraction of sp³-hybridized carbons (Fsp3) is 0.235. The number of carbonyl (C=O) groups is 1. The fourth-order valence-corrected chi connectivity index (χ4v) is 2.84. The van der Waals surface area contributed by atoms with E-state index in [1.54, 1.807) is 6.07 Å². The molecule has 1 aliphatic heterocycles. The van der Waals surface area contributed by atoms with Crippen LogP contribution in [0.1, 0.15) is 28.9 Å². The number of halogens is 2. The summed E-state index contributed by atoms with van der Waals surface area (Å²) >= 11 is 3.18. The Hall–Kier alpha value is -2.08. The van der Waals surface area contributed by atoms with E-state index in [2.05, 4.69) is 21.2 Å². The third kappa shape index (κ3) is 3.64. The molecule has 0 fully saturated rings. The van der Waals surface area contributed by atoms with Gasteiger partial charge in [-0.3, -0.25) is 4.79 Å². The van der Waals surface area contributed by atoms with Crippen molar-refractivity contribution in [1.29, 1.82) is 0 Å². The lowest BCUT2D eigenvalue weighted by atomic mass is 10.1. The van der Waals surface area contributed by atoms with Crippen LogP contribution in [0.25, 0.3) is 0 Å². The molecule has 4 nitrogen and oxygen atoms in total. The lowest BCUT2D eigenvalue weighted by Crippen LogP contribution is -2.27. The predicted molar refractivity (Wildman–Crippen MR) is 87.4 cm³/mol. The Labute approximate surface area is 141 Å². The summed E-state index contributed by atoms with van der Waals surface area (Å²) in [5, 5.41) is 2.85. The molecule has 0 aromatic heterocycles. The first-order valence-corrected chi connectivity index (χ1v) is 7.99. The van der Waals surface area contributed by atoms with Crippen LogP contribution in [0.3, 0.4) is 0 Å². The van der Waals surface area contributed by atoms with Gasteiger partial charge in [-0.2, -0.15) is 0 Å². The van der Waals surface area contributed by atoms with Crippen molar-refractivity contribution in [2.45, 2.75) is 13.0 Å². The number of ether oxygens (including phenoxy) is 2. The molecule has 2 aromatic carbocycles. The van der Waals surface area contributed by atoms with Gasteiger partial charge in [-0.05, 0) is 42.8 Å². The van der Waals surface area contributed by atoms with Gasteiger partial charge in [0.1, 0.15) is 19.0 Å². The first-order valence-electron chi connectivity index (χ1n) is 7.19. The summed E-state index contributed by atoms with van der Waals surface area (Å²) < 4.78 is 24.9. The second-order valence-electron chi connectivity index (χ2n) is 5.26. The predicted octanol–water partition coefficient (Wildman–Crippen LogP) is 3.85. The number of hydrogen-bond donors (Lipinski definition) is 1. The first kappa shape index (κ1) is 15.8. The minimum atomic E-state index is -0.462. The Kier molecular flexibility index (Phi) is 4.52. The topological polar surface area (TPSA) is 47.6 Å². The Morgan fingerprint density at radius 2 is 1.91 bits per heavy atom. The van der Waals surface area contributed by atoms with Crippen molar-refractivity contribution in [2.24, 2.45) is 0 Å². The summed E-state index contributed by atoms with van der Waals surface area (Å²) in [5.41, 5.74) is 1.15. The van der Waals surface area contributed by atoms with Crippen molar-refractivity contribution in [2.75, 3.05) is 13.2 Å². The van der Waals surface area contributed by atoms with Crippen LogP contribution in [-0.4, -0.2) is 19.1 Å². The second-order valence-corrected chi connectivity index (χ2v) is 6.17. The van der Waals surface area contributed by atoms with Gasteiger partial charge in [-0.1, -0.05) is 22.0 Å². The lowest BCUT2D eigenvalue weighted by Gasteiger charge is -2.21. The molecule has 0 saturated carbocycles. The van der Waals surface area contributed by atoms with E-state index in [1.807, 2.05) is 25.1 Å². The van der Waals surface area contributed by atoms with Gasteiger partial charge < -0.3 is 14.8 Å². The van der Waals surface area contributed by atoms with E-state index in [1.165, 1.54) is 12.1 Å². The minimum Gasteiger partial charge on any atom is -0.486 e. The maximum atomic E-state index is 13.4. The summed E-state index contributed by atoms with van der Waals surface area (Å²) in [6.45, 7) is 2.90. The third-order valence-corrected chi connectivity index (χ3v) is 4.00. The highest BCUT2D eigenvalue weighted by Crippen LogP contribution is 2.32. The average Bonchev–Trinajstić information content (AvgIpc) is 2.53. The maximum Gasteiger partial charge on any atom is 0.251 e. The molecule has 1 aliphatic rings. The largest absolute Gasteiger partial charge is 0.486 e. The number of hydrogen-bond acceptors (Lipinski definition) is 3. The molecule has 0 bridgehead atoms. The van der Waals surface area contributed by atoms with Gasteiger partial charge in [0.05, 0.1) is 6.04 Å². The molecule has 0 spiro atoms. The van der Waals surface area contributed by atoms with Gasteiger partial charge in [-0.15, -0.1) is 0 Å². The molecule has 0 saturated heterocycles. The van der Waals surface area contributed by atoms with Crippen molar-refractivity contribution in [1.82, 2.24) is 5.32 Å². The Morgan fingerprint density at radius 3 is 2.65 bits per heavy atom. The monoisotopic (exact) mass is 379 g/mol. The number of amides is 1.